The quantitative estimate of drug-likeness (QED) is 0.904. The van der Waals surface area contributed by atoms with Gasteiger partial charge in [0.15, 0.2) is 0 Å². The summed E-state index contributed by atoms with van der Waals surface area (Å²) in [4.78, 5) is 4.25. The first-order chi connectivity index (χ1) is 9.65. The van der Waals surface area contributed by atoms with Crippen molar-refractivity contribution in [2.45, 2.75) is 26.8 Å². The van der Waals surface area contributed by atoms with Crippen LogP contribution in [0.15, 0.2) is 24.5 Å². The molecule has 5 nitrogen and oxygen atoms in total. The zero-order valence-corrected chi connectivity index (χ0v) is 12.3. The number of pyridine rings is 1. The van der Waals surface area contributed by atoms with Gasteiger partial charge in [0, 0.05) is 6.20 Å². The number of ether oxygens (including phenoxy) is 1. The van der Waals surface area contributed by atoms with Crippen LogP contribution < -0.4 is 10.1 Å². The van der Waals surface area contributed by atoms with Crippen LogP contribution in [-0.2, 0) is 0 Å². The van der Waals surface area contributed by atoms with Crippen LogP contribution in [-0.4, -0.2) is 28.8 Å². The molecule has 0 aromatic carbocycles. The SMILES string of the molecule is CCOc1cncc(C(NC)c2cc(C)nnc2C)c1. The summed E-state index contributed by atoms with van der Waals surface area (Å²) in [6.07, 6.45) is 3.57. The maximum Gasteiger partial charge on any atom is 0.137 e. The van der Waals surface area contributed by atoms with Crippen molar-refractivity contribution in [3.05, 3.63) is 47.0 Å². The van der Waals surface area contributed by atoms with Gasteiger partial charge < -0.3 is 10.1 Å². The highest BCUT2D eigenvalue weighted by Gasteiger charge is 2.16. The van der Waals surface area contributed by atoms with Gasteiger partial charge in [-0.05, 0) is 51.1 Å². The van der Waals surface area contributed by atoms with Crippen molar-refractivity contribution in [2.75, 3.05) is 13.7 Å². The maximum atomic E-state index is 5.51. The minimum atomic E-state index is 0.0251. The van der Waals surface area contributed by atoms with E-state index in [1.54, 1.807) is 6.20 Å². The van der Waals surface area contributed by atoms with Crippen LogP contribution >= 0.6 is 0 Å². The Kier molecular flexibility index (Phi) is 4.63. The molecule has 2 heterocycles. The number of hydrogen-bond acceptors (Lipinski definition) is 5. The molecule has 1 atom stereocenters. The minimum Gasteiger partial charge on any atom is -0.492 e. The Morgan fingerprint density at radius 1 is 1.20 bits per heavy atom. The Morgan fingerprint density at radius 2 is 2.00 bits per heavy atom. The molecular formula is C15H20N4O. The van der Waals surface area contributed by atoms with Gasteiger partial charge in [0.2, 0.25) is 0 Å². The molecule has 0 amide bonds. The molecule has 5 heteroatoms. The molecule has 0 bridgehead atoms. The van der Waals surface area contributed by atoms with E-state index >= 15 is 0 Å². The normalized spacial score (nSPS) is 12.2. The van der Waals surface area contributed by atoms with Gasteiger partial charge >= 0.3 is 0 Å². The standard InChI is InChI=1S/C15H20N4O/c1-5-20-13-7-12(8-17-9-13)15(16-4)14-6-10(2)18-19-11(14)3/h6-9,15-16H,5H2,1-4H3. The second-order valence-electron chi connectivity index (χ2n) is 4.64. The number of aromatic nitrogens is 3. The predicted octanol–water partition coefficient (Wildman–Crippen LogP) is 2.20. The average Bonchev–Trinajstić information content (AvgIpc) is 2.44. The van der Waals surface area contributed by atoms with E-state index in [9.17, 15) is 0 Å². The molecular weight excluding hydrogens is 252 g/mol. The Labute approximate surface area is 119 Å². The van der Waals surface area contributed by atoms with Crippen molar-refractivity contribution in [2.24, 2.45) is 0 Å². The lowest BCUT2D eigenvalue weighted by atomic mass is 9.99. The molecule has 2 aromatic heterocycles. The van der Waals surface area contributed by atoms with E-state index in [1.807, 2.05) is 40.1 Å². The van der Waals surface area contributed by atoms with E-state index in [4.69, 9.17) is 4.74 Å². The van der Waals surface area contributed by atoms with Crippen molar-refractivity contribution in [3.8, 4) is 5.75 Å². The van der Waals surface area contributed by atoms with Crippen molar-refractivity contribution in [3.63, 3.8) is 0 Å². The monoisotopic (exact) mass is 272 g/mol. The van der Waals surface area contributed by atoms with Gasteiger partial charge in [0.25, 0.3) is 0 Å². The second kappa shape index (κ2) is 6.43. The summed E-state index contributed by atoms with van der Waals surface area (Å²) in [6.45, 7) is 6.50. The number of hydrogen-bond donors (Lipinski definition) is 1. The van der Waals surface area contributed by atoms with E-state index < -0.39 is 0 Å². The zero-order chi connectivity index (χ0) is 14.5. The summed E-state index contributed by atoms with van der Waals surface area (Å²) in [5, 5.41) is 11.6. The van der Waals surface area contributed by atoms with Gasteiger partial charge in [-0.15, -0.1) is 0 Å². The highest BCUT2D eigenvalue weighted by molar-refractivity contribution is 5.36. The first kappa shape index (κ1) is 14.4. The van der Waals surface area contributed by atoms with Crippen LogP contribution in [0.2, 0.25) is 0 Å². The number of nitrogens with one attached hydrogen (secondary N) is 1. The summed E-state index contributed by atoms with van der Waals surface area (Å²) >= 11 is 0. The molecule has 0 aliphatic rings. The number of nitrogens with zero attached hydrogens (tertiary/aromatic N) is 3. The van der Waals surface area contributed by atoms with E-state index in [-0.39, 0.29) is 6.04 Å². The first-order valence-corrected chi connectivity index (χ1v) is 6.71. The highest BCUT2D eigenvalue weighted by atomic mass is 16.5. The molecule has 20 heavy (non-hydrogen) atoms. The molecule has 0 spiro atoms. The summed E-state index contributed by atoms with van der Waals surface area (Å²) in [5.41, 5.74) is 3.97. The van der Waals surface area contributed by atoms with Crippen molar-refractivity contribution < 1.29 is 4.74 Å². The molecule has 0 saturated heterocycles. The van der Waals surface area contributed by atoms with Gasteiger partial charge in [-0.2, -0.15) is 10.2 Å². The van der Waals surface area contributed by atoms with Gasteiger partial charge in [-0.3, -0.25) is 4.98 Å². The van der Waals surface area contributed by atoms with Crippen LogP contribution in [0, 0.1) is 13.8 Å². The van der Waals surface area contributed by atoms with Crippen LogP contribution in [0.3, 0.4) is 0 Å². The highest BCUT2D eigenvalue weighted by Crippen LogP contribution is 2.25. The molecule has 2 aromatic rings. The van der Waals surface area contributed by atoms with Gasteiger partial charge in [0.05, 0.1) is 30.2 Å². The van der Waals surface area contributed by atoms with Crippen LogP contribution in [0.4, 0.5) is 0 Å². The van der Waals surface area contributed by atoms with Crippen molar-refractivity contribution in [1.82, 2.24) is 20.5 Å². The lowest BCUT2D eigenvalue weighted by Crippen LogP contribution is -2.20. The van der Waals surface area contributed by atoms with E-state index in [0.717, 1.165) is 28.3 Å². The molecule has 0 aliphatic heterocycles. The van der Waals surface area contributed by atoms with Crippen LogP contribution in [0.25, 0.3) is 0 Å². The van der Waals surface area contributed by atoms with Crippen LogP contribution in [0.1, 0.15) is 35.5 Å². The largest absolute Gasteiger partial charge is 0.492 e. The molecule has 1 N–H and O–H groups in total. The molecule has 0 aliphatic carbocycles. The third-order valence-electron chi connectivity index (χ3n) is 3.12. The zero-order valence-electron chi connectivity index (χ0n) is 12.3. The predicted molar refractivity (Wildman–Crippen MR) is 77.8 cm³/mol. The number of aryl methyl sites for hydroxylation is 2. The first-order valence-electron chi connectivity index (χ1n) is 6.71. The molecule has 0 radical (unpaired) electrons. The lowest BCUT2D eigenvalue weighted by molar-refractivity contribution is 0.338. The fraction of sp³-hybridized carbons (Fsp3) is 0.400. The van der Waals surface area contributed by atoms with E-state index in [2.05, 4.69) is 26.6 Å². The second-order valence-corrected chi connectivity index (χ2v) is 4.64. The Bertz CT molecular complexity index is 586. The molecule has 0 saturated carbocycles. The smallest absolute Gasteiger partial charge is 0.137 e. The summed E-state index contributed by atoms with van der Waals surface area (Å²) in [5.74, 6) is 0.779. The summed E-state index contributed by atoms with van der Waals surface area (Å²) < 4.78 is 5.51. The molecule has 0 fully saturated rings. The minimum absolute atomic E-state index is 0.0251. The van der Waals surface area contributed by atoms with Gasteiger partial charge in [-0.1, -0.05) is 0 Å². The topological polar surface area (TPSA) is 59.9 Å². The van der Waals surface area contributed by atoms with Crippen molar-refractivity contribution >= 4 is 0 Å². The average molecular weight is 272 g/mol. The Hall–Kier alpha value is -2.01. The third kappa shape index (κ3) is 3.11. The van der Waals surface area contributed by atoms with Gasteiger partial charge in [-0.25, -0.2) is 0 Å². The van der Waals surface area contributed by atoms with Gasteiger partial charge in [0.1, 0.15) is 5.75 Å². The fourth-order valence-electron chi connectivity index (χ4n) is 2.20. The van der Waals surface area contributed by atoms with E-state index in [1.165, 1.54) is 0 Å². The number of rotatable bonds is 5. The van der Waals surface area contributed by atoms with Crippen molar-refractivity contribution in [1.29, 1.82) is 0 Å². The van der Waals surface area contributed by atoms with Crippen LogP contribution in [0.5, 0.6) is 5.75 Å². The lowest BCUT2D eigenvalue weighted by Gasteiger charge is -2.19. The Morgan fingerprint density at radius 3 is 2.70 bits per heavy atom. The summed E-state index contributed by atoms with van der Waals surface area (Å²) in [6, 6.07) is 4.08. The summed E-state index contributed by atoms with van der Waals surface area (Å²) in [7, 11) is 1.92. The Balaban J connectivity index is 2.41. The fourth-order valence-corrected chi connectivity index (χ4v) is 2.20. The van der Waals surface area contributed by atoms with E-state index in [0.29, 0.717) is 6.61 Å². The molecule has 106 valence electrons. The third-order valence-corrected chi connectivity index (χ3v) is 3.12. The maximum absolute atomic E-state index is 5.51. The molecule has 1 unspecified atom stereocenters. The molecule has 2 rings (SSSR count).